The van der Waals surface area contributed by atoms with E-state index in [2.05, 4.69) is 22.0 Å². The van der Waals surface area contributed by atoms with E-state index in [9.17, 15) is 0 Å². The van der Waals surface area contributed by atoms with E-state index >= 15 is 0 Å². The van der Waals surface area contributed by atoms with Crippen LogP contribution in [0.2, 0.25) is 0 Å². The SMILES string of the molecule is CCCCc1nc(C)nc2c1c(C)nn2C. The molecule has 2 rings (SSSR count). The van der Waals surface area contributed by atoms with E-state index in [4.69, 9.17) is 0 Å². The molecule has 0 unspecified atom stereocenters. The summed E-state index contributed by atoms with van der Waals surface area (Å²) in [5, 5.41) is 5.55. The zero-order valence-corrected chi connectivity index (χ0v) is 10.4. The Hall–Kier alpha value is -1.45. The molecule has 2 aromatic heterocycles. The number of unbranched alkanes of at least 4 members (excludes halogenated alkanes) is 1. The summed E-state index contributed by atoms with van der Waals surface area (Å²) >= 11 is 0. The van der Waals surface area contributed by atoms with Crippen molar-refractivity contribution >= 4 is 11.0 Å². The Labute approximate surface area is 95.7 Å². The Balaban J connectivity index is 2.61. The highest BCUT2D eigenvalue weighted by Crippen LogP contribution is 2.20. The summed E-state index contributed by atoms with van der Waals surface area (Å²) in [7, 11) is 1.94. The Morgan fingerprint density at radius 2 is 1.94 bits per heavy atom. The molecule has 0 amide bonds. The fraction of sp³-hybridized carbons (Fsp3) is 0.583. The van der Waals surface area contributed by atoms with E-state index in [1.54, 1.807) is 0 Å². The molecule has 4 nitrogen and oxygen atoms in total. The number of hydrogen-bond donors (Lipinski definition) is 0. The molecule has 4 heteroatoms. The van der Waals surface area contributed by atoms with Gasteiger partial charge >= 0.3 is 0 Å². The van der Waals surface area contributed by atoms with Crippen LogP contribution in [0.4, 0.5) is 0 Å². The lowest BCUT2D eigenvalue weighted by Crippen LogP contribution is -1.99. The van der Waals surface area contributed by atoms with Crippen LogP contribution in [0.25, 0.3) is 11.0 Å². The lowest BCUT2D eigenvalue weighted by atomic mass is 10.1. The average molecular weight is 218 g/mol. The van der Waals surface area contributed by atoms with Crippen molar-refractivity contribution in [3.8, 4) is 0 Å². The van der Waals surface area contributed by atoms with Crippen LogP contribution in [-0.2, 0) is 13.5 Å². The Morgan fingerprint density at radius 3 is 2.62 bits per heavy atom. The summed E-state index contributed by atoms with van der Waals surface area (Å²) in [4.78, 5) is 9.00. The molecule has 2 aromatic rings. The summed E-state index contributed by atoms with van der Waals surface area (Å²) < 4.78 is 1.84. The van der Waals surface area contributed by atoms with Crippen LogP contribution in [0.5, 0.6) is 0 Å². The van der Waals surface area contributed by atoms with Crippen LogP contribution in [0.3, 0.4) is 0 Å². The van der Waals surface area contributed by atoms with Gasteiger partial charge < -0.3 is 0 Å². The molecule has 0 fully saturated rings. The predicted molar refractivity (Wildman–Crippen MR) is 64.4 cm³/mol. The van der Waals surface area contributed by atoms with Crippen LogP contribution in [0.1, 0.15) is 37.0 Å². The highest BCUT2D eigenvalue weighted by molar-refractivity contribution is 5.80. The number of nitrogens with zero attached hydrogens (tertiary/aromatic N) is 4. The van der Waals surface area contributed by atoms with Gasteiger partial charge in [-0.25, -0.2) is 9.97 Å². The third kappa shape index (κ3) is 1.79. The van der Waals surface area contributed by atoms with Gasteiger partial charge in [-0.05, 0) is 26.7 Å². The Kier molecular flexibility index (Phi) is 2.90. The van der Waals surface area contributed by atoms with Crippen LogP contribution in [0, 0.1) is 13.8 Å². The minimum absolute atomic E-state index is 0.835. The van der Waals surface area contributed by atoms with Crippen molar-refractivity contribution in [2.45, 2.75) is 40.0 Å². The summed E-state index contributed by atoms with van der Waals surface area (Å²) in [5.74, 6) is 0.835. The van der Waals surface area contributed by atoms with Crippen molar-refractivity contribution in [3.63, 3.8) is 0 Å². The Morgan fingerprint density at radius 1 is 1.19 bits per heavy atom. The van der Waals surface area contributed by atoms with Crippen molar-refractivity contribution in [1.29, 1.82) is 0 Å². The smallest absolute Gasteiger partial charge is 0.161 e. The number of fused-ring (bicyclic) bond motifs is 1. The molecule has 16 heavy (non-hydrogen) atoms. The topological polar surface area (TPSA) is 43.6 Å². The molecule has 0 aliphatic rings. The van der Waals surface area contributed by atoms with Crippen molar-refractivity contribution < 1.29 is 0 Å². The highest BCUT2D eigenvalue weighted by Gasteiger charge is 2.12. The van der Waals surface area contributed by atoms with Crippen LogP contribution < -0.4 is 0 Å². The molecule has 2 heterocycles. The number of aryl methyl sites for hydroxylation is 4. The maximum atomic E-state index is 4.55. The lowest BCUT2D eigenvalue weighted by molar-refractivity contribution is 0.764. The van der Waals surface area contributed by atoms with Gasteiger partial charge in [0.1, 0.15) is 5.82 Å². The van der Waals surface area contributed by atoms with Gasteiger partial charge in [0, 0.05) is 7.05 Å². The van der Waals surface area contributed by atoms with Gasteiger partial charge in [-0.15, -0.1) is 0 Å². The van der Waals surface area contributed by atoms with E-state index in [1.807, 2.05) is 25.6 Å². The van der Waals surface area contributed by atoms with E-state index < -0.39 is 0 Å². The molecule has 0 aliphatic heterocycles. The van der Waals surface area contributed by atoms with Crippen molar-refractivity contribution in [2.24, 2.45) is 7.05 Å². The van der Waals surface area contributed by atoms with Gasteiger partial charge in [-0.3, -0.25) is 4.68 Å². The van der Waals surface area contributed by atoms with Crippen molar-refractivity contribution in [2.75, 3.05) is 0 Å². The molecule has 0 spiro atoms. The van der Waals surface area contributed by atoms with Gasteiger partial charge in [-0.2, -0.15) is 5.10 Å². The fourth-order valence-electron chi connectivity index (χ4n) is 2.07. The van der Waals surface area contributed by atoms with Crippen LogP contribution in [0.15, 0.2) is 0 Å². The first-order chi connectivity index (χ1) is 7.63. The van der Waals surface area contributed by atoms with Gasteiger partial charge in [0.25, 0.3) is 0 Å². The Bertz CT molecular complexity index is 513. The molecular formula is C12H18N4. The lowest BCUT2D eigenvalue weighted by Gasteiger charge is -2.03. The highest BCUT2D eigenvalue weighted by atomic mass is 15.3. The second kappa shape index (κ2) is 4.20. The zero-order chi connectivity index (χ0) is 11.7. The van der Waals surface area contributed by atoms with E-state index in [1.165, 1.54) is 12.8 Å². The minimum Gasteiger partial charge on any atom is -0.250 e. The molecule has 0 aromatic carbocycles. The molecule has 0 radical (unpaired) electrons. The van der Waals surface area contributed by atoms with Gasteiger partial charge in [0.05, 0.1) is 16.8 Å². The molecule has 0 bridgehead atoms. The predicted octanol–water partition coefficient (Wildman–Crippen LogP) is 2.32. The number of hydrogen-bond acceptors (Lipinski definition) is 3. The molecule has 0 atom stereocenters. The maximum absolute atomic E-state index is 4.55. The van der Waals surface area contributed by atoms with E-state index in [-0.39, 0.29) is 0 Å². The third-order valence-corrected chi connectivity index (χ3v) is 2.81. The van der Waals surface area contributed by atoms with E-state index in [0.29, 0.717) is 0 Å². The minimum atomic E-state index is 0.835. The zero-order valence-electron chi connectivity index (χ0n) is 10.4. The summed E-state index contributed by atoms with van der Waals surface area (Å²) in [6, 6.07) is 0. The van der Waals surface area contributed by atoms with Gasteiger partial charge in [0.2, 0.25) is 0 Å². The van der Waals surface area contributed by atoms with Gasteiger partial charge in [-0.1, -0.05) is 13.3 Å². The van der Waals surface area contributed by atoms with Crippen molar-refractivity contribution in [1.82, 2.24) is 19.7 Å². The largest absolute Gasteiger partial charge is 0.250 e. The fourth-order valence-corrected chi connectivity index (χ4v) is 2.07. The van der Waals surface area contributed by atoms with E-state index in [0.717, 1.165) is 34.7 Å². The summed E-state index contributed by atoms with van der Waals surface area (Å²) in [6.07, 6.45) is 3.37. The van der Waals surface area contributed by atoms with Crippen LogP contribution >= 0.6 is 0 Å². The number of rotatable bonds is 3. The summed E-state index contributed by atoms with van der Waals surface area (Å²) in [5.41, 5.74) is 3.13. The van der Waals surface area contributed by atoms with Crippen molar-refractivity contribution in [3.05, 3.63) is 17.2 Å². The molecular weight excluding hydrogens is 200 g/mol. The molecule has 0 saturated heterocycles. The summed E-state index contributed by atoms with van der Waals surface area (Å²) in [6.45, 7) is 6.16. The molecule has 0 N–H and O–H groups in total. The average Bonchev–Trinajstić information content (AvgIpc) is 2.51. The molecule has 86 valence electrons. The van der Waals surface area contributed by atoms with Gasteiger partial charge in [0.15, 0.2) is 5.65 Å². The second-order valence-corrected chi connectivity index (χ2v) is 4.23. The standard InChI is InChI=1S/C12H18N4/c1-5-6-7-10-11-8(2)15-16(4)12(11)14-9(3)13-10/h5-7H2,1-4H3. The first kappa shape index (κ1) is 11.0. The second-order valence-electron chi connectivity index (χ2n) is 4.23. The third-order valence-electron chi connectivity index (χ3n) is 2.81. The maximum Gasteiger partial charge on any atom is 0.161 e. The molecule has 0 saturated carbocycles. The quantitative estimate of drug-likeness (QED) is 0.794. The normalized spacial score (nSPS) is 11.2. The first-order valence-corrected chi connectivity index (χ1v) is 5.80. The molecule has 0 aliphatic carbocycles. The monoisotopic (exact) mass is 218 g/mol. The van der Waals surface area contributed by atoms with Crippen LogP contribution in [-0.4, -0.2) is 19.7 Å². The first-order valence-electron chi connectivity index (χ1n) is 5.80. The number of aromatic nitrogens is 4.